The van der Waals surface area contributed by atoms with Crippen LogP contribution >= 0.6 is 22.9 Å². The molecule has 1 heterocycles. The Bertz CT molecular complexity index is 626. The number of nitrogens with one attached hydrogen (secondary N) is 1. The highest BCUT2D eigenvalue weighted by Gasteiger charge is 2.11. The molecule has 112 valence electrons. The molecule has 0 saturated heterocycles. The normalized spacial score (nSPS) is 12.0. The predicted octanol–water partition coefficient (Wildman–Crippen LogP) is 4.55. The van der Waals surface area contributed by atoms with E-state index >= 15 is 0 Å². The van der Waals surface area contributed by atoms with Gasteiger partial charge in [-0.05, 0) is 35.6 Å². The standard InChI is InChI=1S/C16H19ClN2OS/c1-11(14-8-16(17)21-10-14)18-15-7-5-4-6-13(15)9-19(3)12(2)20/h4-8,10-11,18H,9H2,1-3H3. The van der Waals surface area contributed by atoms with Crippen molar-refractivity contribution in [1.82, 2.24) is 4.90 Å². The number of thiophene rings is 1. The van der Waals surface area contributed by atoms with Gasteiger partial charge >= 0.3 is 0 Å². The van der Waals surface area contributed by atoms with Crippen LogP contribution in [0.3, 0.4) is 0 Å². The Morgan fingerprint density at radius 1 is 1.43 bits per heavy atom. The molecule has 0 fully saturated rings. The molecule has 1 unspecified atom stereocenters. The molecule has 0 aliphatic heterocycles. The van der Waals surface area contributed by atoms with Crippen molar-refractivity contribution in [2.24, 2.45) is 0 Å². The first-order valence-corrected chi connectivity index (χ1v) is 8.03. The monoisotopic (exact) mass is 322 g/mol. The van der Waals surface area contributed by atoms with Crippen LogP contribution in [0.1, 0.15) is 31.0 Å². The summed E-state index contributed by atoms with van der Waals surface area (Å²) in [6.45, 7) is 4.27. The SMILES string of the molecule is CC(=O)N(C)Cc1ccccc1NC(C)c1csc(Cl)c1. The lowest BCUT2D eigenvalue weighted by molar-refractivity contribution is -0.128. The van der Waals surface area contributed by atoms with Crippen LogP contribution in [-0.4, -0.2) is 17.9 Å². The minimum atomic E-state index is 0.0578. The van der Waals surface area contributed by atoms with Crippen molar-refractivity contribution >= 4 is 34.5 Å². The van der Waals surface area contributed by atoms with Crippen molar-refractivity contribution < 1.29 is 4.79 Å². The Hall–Kier alpha value is -1.52. The fourth-order valence-electron chi connectivity index (χ4n) is 2.03. The van der Waals surface area contributed by atoms with Crippen molar-refractivity contribution in [2.45, 2.75) is 26.4 Å². The van der Waals surface area contributed by atoms with Crippen LogP contribution in [0, 0.1) is 0 Å². The molecule has 21 heavy (non-hydrogen) atoms. The first kappa shape index (κ1) is 15.9. The molecule has 2 aromatic rings. The zero-order valence-electron chi connectivity index (χ0n) is 12.4. The third kappa shape index (κ3) is 4.22. The molecule has 3 nitrogen and oxygen atoms in total. The summed E-state index contributed by atoms with van der Waals surface area (Å²) in [6.07, 6.45) is 0. The second-order valence-corrected chi connectivity index (χ2v) is 6.62. The maximum atomic E-state index is 11.4. The van der Waals surface area contributed by atoms with Crippen LogP contribution in [0.4, 0.5) is 5.69 Å². The van der Waals surface area contributed by atoms with Gasteiger partial charge in [0.2, 0.25) is 5.91 Å². The van der Waals surface area contributed by atoms with E-state index in [1.54, 1.807) is 18.9 Å². The zero-order chi connectivity index (χ0) is 15.4. The molecule has 0 radical (unpaired) electrons. The molecule has 2 rings (SSSR count). The molecule has 0 saturated carbocycles. The number of rotatable bonds is 5. The third-order valence-electron chi connectivity index (χ3n) is 3.42. The summed E-state index contributed by atoms with van der Waals surface area (Å²) < 4.78 is 0.795. The smallest absolute Gasteiger partial charge is 0.219 e. The summed E-state index contributed by atoms with van der Waals surface area (Å²) in [4.78, 5) is 13.1. The Kier molecular flexibility index (Phi) is 5.26. The highest BCUT2D eigenvalue weighted by molar-refractivity contribution is 7.14. The van der Waals surface area contributed by atoms with E-state index in [-0.39, 0.29) is 11.9 Å². The van der Waals surface area contributed by atoms with Crippen molar-refractivity contribution in [3.63, 3.8) is 0 Å². The van der Waals surface area contributed by atoms with Gasteiger partial charge in [-0.1, -0.05) is 29.8 Å². The Balaban J connectivity index is 2.14. The minimum Gasteiger partial charge on any atom is -0.378 e. The van der Waals surface area contributed by atoms with Gasteiger partial charge in [0.05, 0.1) is 4.34 Å². The fourth-order valence-corrected chi connectivity index (χ4v) is 3.02. The van der Waals surface area contributed by atoms with Gasteiger partial charge in [0.25, 0.3) is 0 Å². The van der Waals surface area contributed by atoms with Crippen LogP contribution in [0.25, 0.3) is 0 Å². The number of carbonyl (C=O) groups excluding carboxylic acids is 1. The number of para-hydroxylation sites is 1. The molecule has 1 aromatic carbocycles. The first-order chi connectivity index (χ1) is 9.97. The van der Waals surface area contributed by atoms with Crippen LogP contribution in [-0.2, 0) is 11.3 Å². The molecule has 1 N–H and O–H groups in total. The molecule has 1 amide bonds. The largest absolute Gasteiger partial charge is 0.378 e. The van der Waals surface area contributed by atoms with E-state index in [9.17, 15) is 4.79 Å². The third-order valence-corrected chi connectivity index (χ3v) is 4.53. The first-order valence-electron chi connectivity index (χ1n) is 6.77. The minimum absolute atomic E-state index is 0.0578. The molecular formula is C16H19ClN2OS. The van der Waals surface area contributed by atoms with Gasteiger partial charge in [-0.3, -0.25) is 4.79 Å². The average molecular weight is 323 g/mol. The second kappa shape index (κ2) is 6.96. The van der Waals surface area contributed by atoms with Gasteiger partial charge in [0, 0.05) is 32.2 Å². The summed E-state index contributed by atoms with van der Waals surface area (Å²) in [7, 11) is 1.81. The molecule has 0 bridgehead atoms. The number of hydrogen-bond acceptors (Lipinski definition) is 3. The Morgan fingerprint density at radius 2 is 2.14 bits per heavy atom. The highest BCUT2D eigenvalue weighted by atomic mass is 35.5. The van der Waals surface area contributed by atoms with Gasteiger partial charge in [0.15, 0.2) is 0 Å². The van der Waals surface area contributed by atoms with Crippen LogP contribution in [0.2, 0.25) is 4.34 Å². The zero-order valence-corrected chi connectivity index (χ0v) is 14.0. The van der Waals surface area contributed by atoms with Crippen LogP contribution in [0.15, 0.2) is 35.7 Å². The Labute approximate surface area is 134 Å². The maximum Gasteiger partial charge on any atom is 0.219 e. The molecular weight excluding hydrogens is 304 g/mol. The predicted molar refractivity (Wildman–Crippen MR) is 90.0 cm³/mol. The number of hydrogen-bond donors (Lipinski definition) is 1. The van der Waals surface area contributed by atoms with Crippen molar-refractivity contribution in [1.29, 1.82) is 0 Å². The van der Waals surface area contributed by atoms with Crippen molar-refractivity contribution in [3.8, 4) is 0 Å². The van der Waals surface area contributed by atoms with Crippen LogP contribution < -0.4 is 5.32 Å². The van der Waals surface area contributed by atoms with Crippen molar-refractivity contribution in [3.05, 3.63) is 51.2 Å². The van der Waals surface area contributed by atoms with E-state index in [1.807, 2.05) is 30.3 Å². The molecule has 1 atom stereocenters. The maximum absolute atomic E-state index is 11.4. The number of halogens is 1. The summed E-state index contributed by atoms with van der Waals surface area (Å²) >= 11 is 7.52. The Morgan fingerprint density at radius 3 is 2.76 bits per heavy atom. The van der Waals surface area contributed by atoms with E-state index in [1.165, 1.54) is 16.9 Å². The van der Waals surface area contributed by atoms with Gasteiger partial charge in [0.1, 0.15) is 0 Å². The number of carbonyl (C=O) groups is 1. The van der Waals surface area contributed by atoms with E-state index < -0.39 is 0 Å². The number of anilines is 1. The summed E-state index contributed by atoms with van der Waals surface area (Å²) in [5.41, 5.74) is 3.31. The topological polar surface area (TPSA) is 32.3 Å². The molecule has 1 aromatic heterocycles. The van der Waals surface area contributed by atoms with E-state index in [4.69, 9.17) is 11.6 Å². The quantitative estimate of drug-likeness (QED) is 0.875. The fraction of sp³-hybridized carbons (Fsp3) is 0.312. The summed E-state index contributed by atoms with van der Waals surface area (Å²) in [6, 6.07) is 10.2. The number of benzene rings is 1. The van der Waals surface area contributed by atoms with Gasteiger partial charge in [-0.15, -0.1) is 11.3 Å². The number of amides is 1. The molecule has 5 heteroatoms. The lowest BCUT2D eigenvalue weighted by Crippen LogP contribution is -2.23. The second-order valence-electron chi connectivity index (χ2n) is 5.08. The van der Waals surface area contributed by atoms with E-state index in [0.717, 1.165) is 15.6 Å². The lowest BCUT2D eigenvalue weighted by Gasteiger charge is -2.21. The molecule has 0 aliphatic carbocycles. The van der Waals surface area contributed by atoms with Gasteiger partial charge < -0.3 is 10.2 Å². The van der Waals surface area contributed by atoms with Crippen molar-refractivity contribution in [2.75, 3.05) is 12.4 Å². The van der Waals surface area contributed by atoms with Gasteiger partial charge in [-0.2, -0.15) is 0 Å². The van der Waals surface area contributed by atoms with Crippen LogP contribution in [0.5, 0.6) is 0 Å². The summed E-state index contributed by atoms with van der Waals surface area (Å²) in [5.74, 6) is 0.0578. The van der Waals surface area contributed by atoms with Gasteiger partial charge in [-0.25, -0.2) is 0 Å². The molecule has 0 aliphatic rings. The highest BCUT2D eigenvalue weighted by Crippen LogP contribution is 2.28. The number of nitrogens with zero attached hydrogens (tertiary/aromatic N) is 1. The summed E-state index contributed by atoms with van der Waals surface area (Å²) in [5, 5.41) is 5.55. The van der Waals surface area contributed by atoms with E-state index in [2.05, 4.69) is 17.6 Å². The lowest BCUT2D eigenvalue weighted by atomic mass is 10.1. The molecule has 0 spiro atoms. The van der Waals surface area contributed by atoms with E-state index in [0.29, 0.717) is 6.54 Å². The average Bonchev–Trinajstić information content (AvgIpc) is 2.87.